The normalized spacial score (nSPS) is 14.2. The first-order valence-corrected chi connectivity index (χ1v) is 9.87. The van der Waals surface area contributed by atoms with Gasteiger partial charge in [-0.05, 0) is 19.3 Å². The van der Waals surface area contributed by atoms with Gasteiger partial charge < -0.3 is 30.0 Å². The molecule has 3 unspecified atom stereocenters. The molecule has 0 aromatic carbocycles. The fourth-order valence-electron chi connectivity index (χ4n) is 0. The van der Waals surface area contributed by atoms with Gasteiger partial charge in [-0.25, -0.2) is 4.57 Å². The largest absolute Gasteiger partial charge is 0.466 e. The molecule has 3 atom stereocenters. The van der Waals surface area contributed by atoms with Gasteiger partial charge >= 0.3 is 7.82 Å². The highest BCUT2D eigenvalue weighted by molar-refractivity contribution is 9.09. The van der Waals surface area contributed by atoms with E-state index in [2.05, 4.69) is 47.8 Å². The quantitative estimate of drug-likeness (QED) is 0.251. The molecule has 20 heavy (non-hydrogen) atoms. The molecule has 0 aromatic rings. The summed E-state index contributed by atoms with van der Waals surface area (Å²) in [6.07, 6.45) is 2.33. The first kappa shape index (κ1) is 29.4. The predicted octanol–water partition coefficient (Wildman–Crippen LogP) is 2.40. The second-order valence-corrected chi connectivity index (χ2v) is 7.24. The van der Waals surface area contributed by atoms with E-state index in [9.17, 15) is 0 Å². The van der Waals surface area contributed by atoms with E-state index in [1.807, 2.05) is 20.8 Å². The number of halogens is 3. The van der Waals surface area contributed by atoms with Crippen molar-refractivity contribution >= 4 is 55.6 Å². The maximum Gasteiger partial charge on any atom is 0.466 e. The fourth-order valence-corrected chi connectivity index (χ4v) is 0. The van der Waals surface area contributed by atoms with Gasteiger partial charge in [-0.2, -0.15) is 0 Å². The van der Waals surface area contributed by atoms with Crippen LogP contribution in [-0.2, 0) is 4.57 Å². The molecular weight excluding hydrogens is 491 g/mol. The Labute approximate surface area is 145 Å². The summed E-state index contributed by atoms with van der Waals surface area (Å²) in [6, 6.07) is 0. The maximum atomic E-state index is 8.88. The molecule has 0 aliphatic heterocycles. The van der Waals surface area contributed by atoms with Crippen LogP contribution in [0.15, 0.2) is 0 Å². The number of aliphatic hydroxyl groups excluding tert-OH is 3. The topological polar surface area (TPSA) is 138 Å². The number of rotatable bonds is 3. The lowest BCUT2D eigenvalue weighted by molar-refractivity contribution is 0.266. The number of hydrogen-bond acceptors (Lipinski definition) is 4. The fraction of sp³-hybridized carbons (Fsp3) is 1.00. The standard InChI is InChI=1S/3C3H7BrO.H3O4P/c3*1-2-3(4)5;1-5(2,3)4/h3*3,5H,2H2,1H3;(H3,1,2,3,4). The molecule has 0 rings (SSSR count). The first-order chi connectivity index (χ1) is 8.81. The van der Waals surface area contributed by atoms with Gasteiger partial charge in [0, 0.05) is 0 Å². The molecule has 0 saturated carbocycles. The molecule has 7 nitrogen and oxygen atoms in total. The van der Waals surface area contributed by atoms with Crippen molar-refractivity contribution in [2.24, 2.45) is 0 Å². The molecule has 0 bridgehead atoms. The lowest BCUT2D eigenvalue weighted by Gasteiger charge is -1.88. The third kappa shape index (κ3) is 120. The van der Waals surface area contributed by atoms with Crippen LogP contribution in [0.3, 0.4) is 0 Å². The maximum absolute atomic E-state index is 8.88. The van der Waals surface area contributed by atoms with Gasteiger partial charge in [-0.15, -0.1) is 0 Å². The Bertz CT molecular complexity index is 184. The van der Waals surface area contributed by atoms with Crippen LogP contribution >= 0.6 is 55.6 Å². The summed E-state index contributed by atoms with van der Waals surface area (Å²) in [7, 11) is -4.64. The highest BCUT2D eigenvalue weighted by Crippen LogP contribution is 2.25. The van der Waals surface area contributed by atoms with Crippen LogP contribution in [-0.4, -0.2) is 45.0 Å². The van der Waals surface area contributed by atoms with Gasteiger partial charge in [-0.3, -0.25) is 0 Å². The Morgan fingerprint density at radius 3 is 0.800 bits per heavy atom. The van der Waals surface area contributed by atoms with Crippen molar-refractivity contribution in [1.29, 1.82) is 0 Å². The average Bonchev–Trinajstić information content (AvgIpc) is 2.28. The molecule has 0 heterocycles. The van der Waals surface area contributed by atoms with Crippen LogP contribution < -0.4 is 0 Å². The number of alkyl halides is 3. The van der Waals surface area contributed by atoms with E-state index in [4.69, 9.17) is 34.6 Å². The zero-order chi connectivity index (χ0) is 17.4. The van der Waals surface area contributed by atoms with Gasteiger partial charge in [0.05, 0.1) is 0 Å². The summed E-state index contributed by atoms with van der Waals surface area (Å²) in [6.45, 7) is 5.71. The SMILES string of the molecule is CCC(O)Br.CCC(O)Br.CCC(O)Br.O=P(O)(O)O. The van der Waals surface area contributed by atoms with Crippen LogP contribution in [0.25, 0.3) is 0 Å². The summed E-state index contributed by atoms with van der Waals surface area (Å²) in [4.78, 5) is 21.6. The Hall–Kier alpha value is 1.43. The van der Waals surface area contributed by atoms with E-state index >= 15 is 0 Å². The molecule has 11 heteroatoms. The predicted molar refractivity (Wildman–Crippen MR) is 89.9 cm³/mol. The van der Waals surface area contributed by atoms with Crippen molar-refractivity contribution in [3.8, 4) is 0 Å². The molecule has 0 saturated heterocycles. The minimum atomic E-state index is -4.64. The lowest BCUT2D eigenvalue weighted by atomic mass is 10.5. The molecule has 128 valence electrons. The van der Waals surface area contributed by atoms with E-state index in [-0.39, 0.29) is 15.0 Å². The number of phosphoric acid groups is 1. The molecule has 0 radical (unpaired) electrons. The van der Waals surface area contributed by atoms with Crippen LogP contribution in [0.2, 0.25) is 0 Å². The molecule has 0 amide bonds. The van der Waals surface area contributed by atoms with Crippen LogP contribution in [0.4, 0.5) is 0 Å². The summed E-state index contributed by atoms with van der Waals surface area (Å²) in [5, 5.41) is 23.9. The molecule has 0 spiro atoms. The third-order valence-electron chi connectivity index (χ3n) is 1.01. The van der Waals surface area contributed by atoms with Crippen molar-refractivity contribution in [2.75, 3.05) is 0 Å². The Morgan fingerprint density at radius 1 is 0.750 bits per heavy atom. The van der Waals surface area contributed by atoms with Crippen LogP contribution in [0.1, 0.15) is 40.0 Å². The summed E-state index contributed by atoms with van der Waals surface area (Å²) in [5.74, 6) is 0. The van der Waals surface area contributed by atoms with E-state index in [1.165, 1.54) is 0 Å². The lowest BCUT2D eigenvalue weighted by Crippen LogP contribution is -1.87. The summed E-state index contributed by atoms with van der Waals surface area (Å²) < 4.78 is 8.88. The second kappa shape index (κ2) is 20.4. The minimum Gasteiger partial charge on any atom is -0.382 e. The van der Waals surface area contributed by atoms with E-state index in [0.29, 0.717) is 0 Å². The van der Waals surface area contributed by atoms with Gasteiger partial charge in [0.1, 0.15) is 15.0 Å². The number of hydrogen-bond donors (Lipinski definition) is 6. The molecule has 0 aliphatic carbocycles. The number of aliphatic hydroxyl groups is 3. The monoisotopic (exact) mass is 512 g/mol. The molecular formula is C9H24Br3O7P. The van der Waals surface area contributed by atoms with Gasteiger partial charge in [0.2, 0.25) is 0 Å². The van der Waals surface area contributed by atoms with E-state index in [1.54, 1.807) is 0 Å². The highest BCUT2D eigenvalue weighted by atomic mass is 79.9. The van der Waals surface area contributed by atoms with Crippen LogP contribution in [0.5, 0.6) is 0 Å². The van der Waals surface area contributed by atoms with Gasteiger partial charge in [-0.1, -0.05) is 68.6 Å². The van der Waals surface area contributed by atoms with Crippen molar-refractivity contribution in [1.82, 2.24) is 0 Å². The van der Waals surface area contributed by atoms with Gasteiger partial charge in [0.15, 0.2) is 0 Å². The van der Waals surface area contributed by atoms with Crippen molar-refractivity contribution < 1.29 is 34.6 Å². The van der Waals surface area contributed by atoms with Crippen molar-refractivity contribution in [3.05, 3.63) is 0 Å². The zero-order valence-electron chi connectivity index (χ0n) is 11.5. The van der Waals surface area contributed by atoms with Crippen molar-refractivity contribution in [2.45, 2.75) is 55.1 Å². The molecule has 0 aromatic heterocycles. The second-order valence-electron chi connectivity index (χ2n) is 3.04. The van der Waals surface area contributed by atoms with Crippen LogP contribution in [0, 0.1) is 0 Å². The smallest absolute Gasteiger partial charge is 0.382 e. The van der Waals surface area contributed by atoms with Gasteiger partial charge in [0.25, 0.3) is 0 Å². The summed E-state index contributed by atoms with van der Waals surface area (Å²) >= 11 is 8.79. The highest BCUT2D eigenvalue weighted by Gasteiger charge is 2.00. The minimum absolute atomic E-state index is 0.303. The Kier molecular flexibility index (Phi) is 30.1. The Balaban J connectivity index is -0.0000000853. The van der Waals surface area contributed by atoms with E-state index < -0.39 is 7.82 Å². The first-order valence-electron chi connectivity index (χ1n) is 5.56. The van der Waals surface area contributed by atoms with Crippen molar-refractivity contribution in [3.63, 3.8) is 0 Å². The molecule has 0 fully saturated rings. The molecule has 6 N–H and O–H groups in total. The third-order valence-corrected chi connectivity index (χ3v) is 2.95. The average molecular weight is 515 g/mol. The summed E-state index contributed by atoms with van der Waals surface area (Å²) in [5.41, 5.74) is 0. The zero-order valence-corrected chi connectivity index (χ0v) is 17.2. The molecule has 0 aliphatic rings. The Morgan fingerprint density at radius 2 is 0.800 bits per heavy atom. The van der Waals surface area contributed by atoms with E-state index in [0.717, 1.165) is 19.3 Å².